The van der Waals surface area contributed by atoms with Gasteiger partial charge in [0.25, 0.3) is 0 Å². The van der Waals surface area contributed by atoms with Crippen LogP contribution in [-0.2, 0) is 0 Å². The summed E-state index contributed by atoms with van der Waals surface area (Å²) in [5, 5.41) is 32.8. The molecule has 0 saturated carbocycles. The van der Waals surface area contributed by atoms with E-state index in [4.69, 9.17) is 0 Å². The van der Waals surface area contributed by atoms with E-state index in [1.54, 1.807) is 12.3 Å². The van der Waals surface area contributed by atoms with Gasteiger partial charge < -0.3 is 15.3 Å². The standard InChI is InChI=1S/C33H35NO3/c1-6-20(2)13-25-16-29(21(3)14-31(25)36)27-11-7-9-24-10-8-12-28(33(24)27)30-17-26(18-34-23(5)19-35)32(37)15-22(30)4/h7-18,23,35-37H,6,19H2,1-5H3. The second-order valence-corrected chi connectivity index (χ2v) is 9.82. The summed E-state index contributed by atoms with van der Waals surface area (Å²) in [7, 11) is 0. The number of rotatable bonds is 7. The fourth-order valence-corrected chi connectivity index (χ4v) is 4.63. The Morgan fingerprint density at radius 3 is 1.92 bits per heavy atom. The molecular formula is C33H35NO3. The van der Waals surface area contributed by atoms with Gasteiger partial charge in [-0.15, -0.1) is 0 Å². The largest absolute Gasteiger partial charge is 0.507 e. The molecule has 4 nitrogen and oxygen atoms in total. The highest BCUT2D eigenvalue weighted by atomic mass is 16.3. The number of aromatic hydroxyl groups is 2. The number of fused-ring (bicyclic) bond motifs is 1. The minimum atomic E-state index is -0.245. The number of benzene rings is 4. The Bertz CT molecular complexity index is 1510. The molecule has 0 aromatic heterocycles. The molecule has 1 unspecified atom stereocenters. The van der Waals surface area contributed by atoms with Crippen LogP contribution in [0.3, 0.4) is 0 Å². The lowest BCUT2D eigenvalue weighted by Gasteiger charge is -2.17. The number of phenolic OH excluding ortho intramolecular Hbond substituents is 2. The number of aliphatic imine (C=N–C) groups is 1. The molecule has 190 valence electrons. The van der Waals surface area contributed by atoms with Gasteiger partial charge in [0.05, 0.1) is 12.6 Å². The van der Waals surface area contributed by atoms with Crippen molar-refractivity contribution in [2.75, 3.05) is 6.61 Å². The zero-order valence-electron chi connectivity index (χ0n) is 22.2. The first kappa shape index (κ1) is 26.2. The van der Waals surface area contributed by atoms with Gasteiger partial charge in [-0.1, -0.05) is 55.0 Å². The van der Waals surface area contributed by atoms with Crippen LogP contribution < -0.4 is 0 Å². The van der Waals surface area contributed by atoms with Gasteiger partial charge >= 0.3 is 0 Å². The average Bonchev–Trinajstić information content (AvgIpc) is 2.88. The predicted molar refractivity (Wildman–Crippen MR) is 156 cm³/mol. The summed E-state index contributed by atoms with van der Waals surface area (Å²) in [6.45, 7) is 9.98. The van der Waals surface area contributed by atoms with E-state index in [1.165, 1.54) is 5.57 Å². The first-order valence-corrected chi connectivity index (χ1v) is 12.7. The van der Waals surface area contributed by atoms with E-state index in [9.17, 15) is 15.3 Å². The summed E-state index contributed by atoms with van der Waals surface area (Å²) in [4.78, 5) is 4.36. The fourth-order valence-electron chi connectivity index (χ4n) is 4.63. The summed E-state index contributed by atoms with van der Waals surface area (Å²) in [5.74, 6) is 0.442. The summed E-state index contributed by atoms with van der Waals surface area (Å²) in [5.41, 5.74) is 8.80. The second-order valence-electron chi connectivity index (χ2n) is 9.82. The van der Waals surface area contributed by atoms with Crippen LogP contribution in [0.4, 0.5) is 0 Å². The SMILES string of the molecule is CCC(C)=Cc1cc(-c2cccc3cccc(-c4cc(C=NC(C)CO)c(O)cc4C)c23)c(C)cc1O. The van der Waals surface area contributed by atoms with Gasteiger partial charge in [0.1, 0.15) is 11.5 Å². The first-order valence-electron chi connectivity index (χ1n) is 12.7. The van der Waals surface area contributed by atoms with Crippen LogP contribution in [0.5, 0.6) is 11.5 Å². The monoisotopic (exact) mass is 493 g/mol. The van der Waals surface area contributed by atoms with Gasteiger partial charge in [0, 0.05) is 17.3 Å². The van der Waals surface area contributed by atoms with Crippen LogP contribution in [0.15, 0.2) is 71.2 Å². The molecule has 0 aliphatic carbocycles. The predicted octanol–water partition coefficient (Wildman–Crippen LogP) is 7.81. The van der Waals surface area contributed by atoms with Crippen LogP contribution in [0.2, 0.25) is 0 Å². The van der Waals surface area contributed by atoms with Crippen LogP contribution in [0.1, 0.15) is 49.4 Å². The zero-order valence-corrected chi connectivity index (χ0v) is 22.2. The van der Waals surface area contributed by atoms with Gasteiger partial charge in [-0.2, -0.15) is 0 Å². The normalized spacial score (nSPS) is 13.0. The van der Waals surface area contributed by atoms with Gasteiger partial charge in [-0.3, -0.25) is 4.99 Å². The lowest BCUT2D eigenvalue weighted by atomic mass is 9.87. The number of phenols is 2. The van der Waals surface area contributed by atoms with Crippen LogP contribution in [0.25, 0.3) is 39.1 Å². The molecule has 3 N–H and O–H groups in total. The Labute approximate surface area is 219 Å². The highest BCUT2D eigenvalue weighted by Crippen LogP contribution is 2.41. The number of allylic oxidation sites excluding steroid dienone is 1. The van der Waals surface area contributed by atoms with E-state index in [-0.39, 0.29) is 24.1 Å². The second kappa shape index (κ2) is 11.0. The minimum Gasteiger partial charge on any atom is -0.507 e. The molecule has 1 atom stereocenters. The van der Waals surface area contributed by atoms with Crippen molar-refractivity contribution in [1.29, 1.82) is 0 Å². The Balaban J connectivity index is 1.98. The molecule has 0 amide bonds. The third-order valence-electron chi connectivity index (χ3n) is 6.92. The van der Waals surface area contributed by atoms with Gasteiger partial charge in [-0.05, 0) is 103 Å². The first-order chi connectivity index (χ1) is 17.7. The van der Waals surface area contributed by atoms with Crippen molar-refractivity contribution >= 4 is 23.1 Å². The molecule has 4 heteroatoms. The molecule has 4 rings (SSSR count). The van der Waals surface area contributed by atoms with E-state index in [2.05, 4.69) is 61.3 Å². The number of aliphatic hydroxyl groups excluding tert-OH is 1. The van der Waals surface area contributed by atoms with Gasteiger partial charge in [0.15, 0.2) is 0 Å². The van der Waals surface area contributed by atoms with Crippen molar-refractivity contribution in [1.82, 2.24) is 0 Å². The van der Waals surface area contributed by atoms with Crippen LogP contribution in [-0.4, -0.2) is 34.2 Å². The van der Waals surface area contributed by atoms with E-state index in [0.717, 1.165) is 56.1 Å². The Kier molecular flexibility index (Phi) is 7.80. The summed E-state index contributed by atoms with van der Waals surface area (Å²) in [6.07, 6.45) is 4.60. The molecule has 0 spiro atoms. The lowest BCUT2D eigenvalue weighted by Crippen LogP contribution is -2.04. The summed E-state index contributed by atoms with van der Waals surface area (Å²) < 4.78 is 0. The number of hydrogen-bond donors (Lipinski definition) is 3. The van der Waals surface area contributed by atoms with Crippen molar-refractivity contribution in [3.8, 4) is 33.8 Å². The van der Waals surface area contributed by atoms with Crippen molar-refractivity contribution in [2.45, 2.75) is 47.1 Å². The highest BCUT2D eigenvalue weighted by molar-refractivity contribution is 6.08. The molecule has 0 heterocycles. The lowest BCUT2D eigenvalue weighted by molar-refractivity contribution is 0.275. The van der Waals surface area contributed by atoms with Crippen molar-refractivity contribution < 1.29 is 15.3 Å². The third kappa shape index (κ3) is 5.45. The smallest absolute Gasteiger partial charge is 0.124 e. The fraction of sp³-hybridized carbons (Fsp3) is 0.242. The van der Waals surface area contributed by atoms with Crippen molar-refractivity contribution in [3.05, 3.63) is 88.5 Å². The van der Waals surface area contributed by atoms with Crippen molar-refractivity contribution in [3.63, 3.8) is 0 Å². The quantitative estimate of drug-likeness (QED) is 0.230. The Hall–Kier alpha value is -3.89. The van der Waals surface area contributed by atoms with Gasteiger partial charge in [0.2, 0.25) is 0 Å². The minimum absolute atomic E-state index is 0.0520. The number of aliphatic hydroxyl groups is 1. The summed E-state index contributed by atoms with van der Waals surface area (Å²) >= 11 is 0. The van der Waals surface area contributed by atoms with Gasteiger partial charge in [-0.25, -0.2) is 0 Å². The maximum atomic E-state index is 10.7. The highest BCUT2D eigenvalue weighted by Gasteiger charge is 2.16. The molecular weight excluding hydrogens is 458 g/mol. The third-order valence-corrected chi connectivity index (χ3v) is 6.92. The zero-order chi connectivity index (χ0) is 26.7. The maximum Gasteiger partial charge on any atom is 0.124 e. The molecule has 4 aromatic rings. The molecule has 4 aromatic carbocycles. The van der Waals surface area contributed by atoms with Crippen molar-refractivity contribution in [2.24, 2.45) is 4.99 Å². The van der Waals surface area contributed by atoms with Crippen LogP contribution in [0, 0.1) is 13.8 Å². The number of aryl methyl sites for hydroxylation is 2. The molecule has 0 aliphatic rings. The Morgan fingerprint density at radius 2 is 1.38 bits per heavy atom. The molecule has 0 radical (unpaired) electrons. The number of hydrogen-bond acceptors (Lipinski definition) is 4. The van der Waals surface area contributed by atoms with Crippen LogP contribution >= 0.6 is 0 Å². The molecule has 0 aliphatic heterocycles. The molecule has 0 fully saturated rings. The molecule has 0 saturated heterocycles. The van der Waals surface area contributed by atoms with E-state index in [0.29, 0.717) is 5.56 Å². The maximum absolute atomic E-state index is 10.7. The average molecular weight is 494 g/mol. The topological polar surface area (TPSA) is 73.1 Å². The molecule has 0 bridgehead atoms. The summed E-state index contributed by atoms with van der Waals surface area (Å²) in [6, 6.07) is 20.0. The molecule has 37 heavy (non-hydrogen) atoms. The van der Waals surface area contributed by atoms with E-state index < -0.39 is 0 Å². The van der Waals surface area contributed by atoms with E-state index in [1.807, 2.05) is 39.0 Å². The van der Waals surface area contributed by atoms with E-state index >= 15 is 0 Å². The Morgan fingerprint density at radius 1 is 0.838 bits per heavy atom. The number of nitrogens with zero attached hydrogens (tertiary/aromatic N) is 1.